The molecule has 0 aliphatic carbocycles. The third-order valence-electron chi connectivity index (χ3n) is 3.79. The van der Waals surface area contributed by atoms with Gasteiger partial charge in [0.1, 0.15) is 5.60 Å². The summed E-state index contributed by atoms with van der Waals surface area (Å²) in [6.45, 7) is 9.74. The van der Waals surface area contributed by atoms with Gasteiger partial charge >= 0.3 is 0 Å². The summed E-state index contributed by atoms with van der Waals surface area (Å²) in [6.07, 6.45) is 1.75. The highest BCUT2D eigenvalue weighted by Crippen LogP contribution is 2.34. The standard InChI is InChI=1S/C16H18N2O.C3H6/c1-11-15(18-10-17-11)16(2,19)14-9-5-7-12-6-3-4-8-13(12)14;1-3-2/h3-9,17-19H,10H2,1-2H3;3H,1H2,2H3. The zero-order valence-electron chi connectivity index (χ0n) is 13.5. The van der Waals surface area contributed by atoms with Gasteiger partial charge in [-0.1, -0.05) is 48.5 Å². The van der Waals surface area contributed by atoms with Crippen LogP contribution in [0.4, 0.5) is 0 Å². The first-order valence-corrected chi connectivity index (χ1v) is 7.49. The second-order valence-electron chi connectivity index (χ2n) is 5.54. The first kappa shape index (κ1) is 16.1. The largest absolute Gasteiger partial charge is 0.379 e. The molecule has 1 unspecified atom stereocenters. The number of nitrogens with one attached hydrogen (secondary N) is 2. The first-order valence-electron chi connectivity index (χ1n) is 7.49. The van der Waals surface area contributed by atoms with E-state index >= 15 is 0 Å². The SMILES string of the molecule is C=CC.CC1=C(C(C)(O)c2cccc3ccccc23)NCN1. The lowest BCUT2D eigenvalue weighted by Crippen LogP contribution is -2.31. The topological polar surface area (TPSA) is 44.3 Å². The molecular weight excluding hydrogens is 272 g/mol. The number of hydrogen-bond acceptors (Lipinski definition) is 3. The molecule has 1 aliphatic rings. The van der Waals surface area contributed by atoms with E-state index in [0.717, 1.165) is 27.7 Å². The van der Waals surface area contributed by atoms with Crippen molar-refractivity contribution in [3.63, 3.8) is 0 Å². The Labute approximate surface area is 132 Å². The minimum absolute atomic E-state index is 0.669. The van der Waals surface area contributed by atoms with Gasteiger partial charge in [0, 0.05) is 5.70 Å². The third-order valence-corrected chi connectivity index (χ3v) is 3.79. The fraction of sp³-hybridized carbons (Fsp3) is 0.263. The maximum absolute atomic E-state index is 11.0. The monoisotopic (exact) mass is 296 g/mol. The van der Waals surface area contributed by atoms with Crippen molar-refractivity contribution < 1.29 is 5.11 Å². The predicted octanol–water partition coefficient (Wildman–Crippen LogP) is 3.62. The molecule has 0 fully saturated rings. The summed E-state index contributed by atoms with van der Waals surface area (Å²) in [5.74, 6) is 0. The predicted molar refractivity (Wildman–Crippen MR) is 93.2 cm³/mol. The van der Waals surface area contributed by atoms with E-state index in [4.69, 9.17) is 0 Å². The van der Waals surface area contributed by atoms with E-state index in [2.05, 4.69) is 35.4 Å². The highest BCUT2D eigenvalue weighted by atomic mass is 16.3. The summed E-state index contributed by atoms with van der Waals surface area (Å²) in [4.78, 5) is 0. The van der Waals surface area contributed by atoms with Crippen LogP contribution in [0, 0.1) is 0 Å². The summed E-state index contributed by atoms with van der Waals surface area (Å²) in [5.41, 5.74) is 1.76. The van der Waals surface area contributed by atoms with Gasteiger partial charge in [0.05, 0.1) is 12.4 Å². The molecule has 1 heterocycles. The lowest BCUT2D eigenvalue weighted by Gasteiger charge is -2.27. The molecule has 116 valence electrons. The second kappa shape index (κ2) is 6.67. The lowest BCUT2D eigenvalue weighted by molar-refractivity contribution is 0.0922. The summed E-state index contributed by atoms with van der Waals surface area (Å²) in [7, 11) is 0. The number of allylic oxidation sites excluding steroid dienone is 2. The summed E-state index contributed by atoms with van der Waals surface area (Å²) >= 11 is 0. The van der Waals surface area contributed by atoms with E-state index in [9.17, 15) is 5.11 Å². The number of aliphatic hydroxyl groups is 1. The molecule has 3 N–H and O–H groups in total. The molecule has 1 aliphatic heterocycles. The molecule has 2 aromatic rings. The highest BCUT2D eigenvalue weighted by molar-refractivity contribution is 5.86. The van der Waals surface area contributed by atoms with E-state index in [1.54, 1.807) is 6.08 Å². The van der Waals surface area contributed by atoms with Crippen LogP contribution in [0.25, 0.3) is 10.8 Å². The minimum Gasteiger partial charge on any atom is -0.379 e. The van der Waals surface area contributed by atoms with Crippen molar-refractivity contribution in [2.75, 3.05) is 6.67 Å². The molecule has 22 heavy (non-hydrogen) atoms. The van der Waals surface area contributed by atoms with Crippen LogP contribution in [-0.4, -0.2) is 11.8 Å². The van der Waals surface area contributed by atoms with Gasteiger partial charge in [-0.3, -0.25) is 0 Å². The van der Waals surface area contributed by atoms with Gasteiger partial charge in [0.25, 0.3) is 0 Å². The quantitative estimate of drug-likeness (QED) is 0.742. The van der Waals surface area contributed by atoms with Crippen LogP contribution in [0.5, 0.6) is 0 Å². The van der Waals surface area contributed by atoms with Crippen LogP contribution in [0.2, 0.25) is 0 Å². The molecule has 1 atom stereocenters. The molecule has 0 radical (unpaired) electrons. The van der Waals surface area contributed by atoms with Gasteiger partial charge in [0.15, 0.2) is 0 Å². The molecule has 0 bridgehead atoms. The Kier molecular flexibility index (Phi) is 4.88. The lowest BCUT2D eigenvalue weighted by atomic mass is 9.87. The Morgan fingerprint density at radius 1 is 1.14 bits per heavy atom. The molecule has 0 spiro atoms. The van der Waals surface area contributed by atoms with Gasteiger partial charge in [-0.15, -0.1) is 6.58 Å². The second-order valence-corrected chi connectivity index (χ2v) is 5.54. The molecule has 0 saturated heterocycles. The van der Waals surface area contributed by atoms with Crippen molar-refractivity contribution in [3.8, 4) is 0 Å². The maximum atomic E-state index is 11.0. The van der Waals surface area contributed by atoms with Gasteiger partial charge < -0.3 is 15.7 Å². The van der Waals surface area contributed by atoms with Crippen LogP contribution in [0.3, 0.4) is 0 Å². The zero-order valence-corrected chi connectivity index (χ0v) is 13.5. The van der Waals surface area contributed by atoms with E-state index in [1.165, 1.54) is 0 Å². The third kappa shape index (κ3) is 3.00. The number of hydrogen-bond donors (Lipinski definition) is 3. The Morgan fingerprint density at radius 3 is 2.41 bits per heavy atom. The normalized spacial score (nSPS) is 16.2. The average Bonchev–Trinajstić information content (AvgIpc) is 2.94. The molecule has 0 aromatic heterocycles. The fourth-order valence-corrected chi connectivity index (χ4v) is 2.81. The Morgan fingerprint density at radius 2 is 1.77 bits per heavy atom. The van der Waals surface area contributed by atoms with Crippen LogP contribution in [-0.2, 0) is 5.60 Å². The van der Waals surface area contributed by atoms with E-state index in [1.807, 2.05) is 45.0 Å². The van der Waals surface area contributed by atoms with E-state index in [0.29, 0.717) is 6.67 Å². The molecule has 0 amide bonds. The molecule has 0 saturated carbocycles. The van der Waals surface area contributed by atoms with Gasteiger partial charge in [-0.25, -0.2) is 0 Å². The van der Waals surface area contributed by atoms with Crippen molar-refractivity contribution in [1.82, 2.24) is 10.6 Å². The number of fused-ring (bicyclic) bond motifs is 1. The fourth-order valence-electron chi connectivity index (χ4n) is 2.81. The molecule has 2 aromatic carbocycles. The maximum Gasteiger partial charge on any atom is 0.128 e. The molecule has 3 rings (SSSR count). The van der Waals surface area contributed by atoms with Crippen molar-refractivity contribution in [1.29, 1.82) is 0 Å². The summed E-state index contributed by atoms with van der Waals surface area (Å²) in [6, 6.07) is 14.2. The Balaban J connectivity index is 0.000000545. The Bertz CT molecular complexity index is 696. The zero-order chi connectivity index (χ0) is 16.2. The van der Waals surface area contributed by atoms with Crippen LogP contribution in [0.15, 0.2) is 66.5 Å². The van der Waals surface area contributed by atoms with Crippen LogP contribution < -0.4 is 10.6 Å². The Hall–Kier alpha value is -2.26. The van der Waals surface area contributed by atoms with E-state index < -0.39 is 5.60 Å². The smallest absolute Gasteiger partial charge is 0.128 e. The van der Waals surface area contributed by atoms with Gasteiger partial charge in [0.2, 0.25) is 0 Å². The highest BCUT2D eigenvalue weighted by Gasteiger charge is 2.33. The average molecular weight is 296 g/mol. The summed E-state index contributed by atoms with van der Waals surface area (Å²) < 4.78 is 0. The van der Waals surface area contributed by atoms with Crippen molar-refractivity contribution in [2.45, 2.75) is 26.4 Å². The van der Waals surface area contributed by atoms with Gasteiger partial charge in [-0.05, 0) is 37.1 Å². The van der Waals surface area contributed by atoms with Crippen LogP contribution >= 0.6 is 0 Å². The summed E-state index contributed by atoms with van der Waals surface area (Å²) in [5, 5.41) is 19.7. The van der Waals surface area contributed by atoms with Crippen molar-refractivity contribution >= 4 is 10.8 Å². The molecular formula is C19H24N2O. The number of rotatable bonds is 2. The van der Waals surface area contributed by atoms with E-state index in [-0.39, 0.29) is 0 Å². The first-order chi connectivity index (χ1) is 10.5. The molecule has 3 heteroatoms. The van der Waals surface area contributed by atoms with Gasteiger partial charge in [-0.2, -0.15) is 0 Å². The number of benzene rings is 2. The van der Waals surface area contributed by atoms with Crippen molar-refractivity contribution in [3.05, 3.63) is 72.1 Å². The minimum atomic E-state index is -1.02. The van der Waals surface area contributed by atoms with Crippen molar-refractivity contribution in [2.24, 2.45) is 0 Å². The van der Waals surface area contributed by atoms with Crippen LogP contribution in [0.1, 0.15) is 26.3 Å². The molecule has 3 nitrogen and oxygen atoms in total.